The van der Waals surface area contributed by atoms with Crippen LogP contribution >= 0.6 is 11.6 Å². The summed E-state index contributed by atoms with van der Waals surface area (Å²) in [5, 5.41) is 19.6. The Kier molecular flexibility index (Phi) is 5.42. The Bertz CT molecular complexity index is 1670. The van der Waals surface area contributed by atoms with Crippen LogP contribution in [0, 0.1) is 11.3 Å². The van der Waals surface area contributed by atoms with E-state index in [0.717, 1.165) is 6.07 Å². The monoisotopic (exact) mass is 510 g/mol. The lowest BCUT2D eigenvalue weighted by Crippen LogP contribution is -2.26. The van der Waals surface area contributed by atoms with Crippen LogP contribution in [0.25, 0.3) is 22.1 Å². The number of nitriles is 1. The Balaban J connectivity index is 1.65. The highest BCUT2D eigenvalue weighted by atomic mass is 35.5. The van der Waals surface area contributed by atoms with Crippen LogP contribution in [0.3, 0.4) is 0 Å². The molecule has 6 nitrogen and oxygen atoms in total. The van der Waals surface area contributed by atoms with E-state index in [1.807, 2.05) is 6.07 Å². The molecule has 0 aliphatic carbocycles. The van der Waals surface area contributed by atoms with Crippen LogP contribution in [-0.4, -0.2) is 5.11 Å². The van der Waals surface area contributed by atoms with E-state index in [9.17, 15) is 28.3 Å². The number of halogens is 4. The number of hydrogen-bond donors (Lipinski definition) is 2. The number of nitrogens with two attached hydrogens (primary N) is 1. The fraction of sp³-hybridized carbons (Fsp3) is 0.0769. The maximum atomic E-state index is 13.3. The molecule has 0 amide bonds. The van der Waals surface area contributed by atoms with Gasteiger partial charge in [0.05, 0.1) is 27.5 Å². The highest BCUT2D eigenvalue weighted by Gasteiger charge is 2.36. The predicted molar refractivity (Wildman–Crippen MR) is 125 cm³/mol. The van der Waals surface area contributed by atoms with Crippen molar-refractivity contribution < 1.29 is 27.4 Å². The van der Waals surface area contributed by atoms with Crippen LogP contribution in [0.4, 0.5) is 13.2 Å². The summed E-state index contributed by atoms with van der Waals surface area (Å²) in [5.74, 6) is -1.23. The van der Waals surface area contributed by atoms with E-state index in [1.165, 1.54) is 30.3 Å². The van der Waals surface area contributed by atoms with Crippen LogP contribution in [-0.2, 0) is 6.18 Å². The van der Waals surface area contributed by atoms with Crippen LogP contribution in [0.15, 0.2) is 81.3 Å². The van der Waals surface area contributed by atoms with Crippen molar-refractivity contribution in [3.63, 3.8) is 0 Å². The third kappa shape index (κ3) is 3.82. The molecule has 0 saturated carbocycles. The lowest BCUT2D eigenvalue weighted by molar-refractivity contribution is -0.137. The molecule has 0 radical (unpaired) electrons. The van der Waals surface area contributed by atoms with Gasteiger partial charge in [0.1, 0.15) is 23.0 Å². The highest BCUT2D eigenvalue weighted by Crippen LogP contribution is 2.44. The lowest BCUT2D eigenvalue weighted by Gasteiger charge is -2.26. The van der Waals surface area contributed by atoms with Crippen molar-refractivity contribution in [3.8, 4) is 28.7 Å². The average molecular weight is 511 g/mol. The normalized spacial score (nSPS) is 15.4. The molecule has 1 atom stereocenters. The number of benzene rings is 3. The number of alkyl halides is 3. The minimum absolute atomic E-state index is 0.0115. The van der Waals surface area contributed by atoms with Crippen molar-refractivity contribution in [3.05, 3.63) is 104 Å². The van der Waals surface area contributed by atoms with E-state index < -0.39 is 28.3 Å². The van der Waals surface area contributed by atoms with Gasteiger partial charge in [0.2, 0.25) is 5.88 Å². The number of rotatable bonds is 2. The largest absolute Gasteiger partial charge is 0.508 e. The second-order valence-electron chi connectivity index (χ2n) is 8.05. The molecule has 1 aliphatic heterocycles. The molecule has 10 heteroatoms. The van der Waals surface area contributed by atoms with Crippen molar-refractivity contribution in [2.45, 2.75) is 12.1 Å². The fourth-order valence-corrected chi connectivity index (χ4v) is 4.46. The Labute approximate surface area is 206 Å². The molecule has 0 fully saturated rings. The first-order chi connectivity index (χ1) is 17.1. The molecule has 1 aromatic heterocycles. The Morgan fingerprint density at radius 3 is 2.39 bits per heavy atom. The van der Waals surface area contributed by atoms with Gasteiger partial charge in [-0.25, -0.2) is 4.79 Å². The number of nitrogens with zero attached hydrogens (tertiary/aromatic N) is 1. The van der Waals surface area contributed by atoms with Gasteiger partial charge in [-0.3, -0.25) is 0 Å². The van der Waals surface area contributed by atoms with Gasteiger partial charge in [0.25, 0.3) is 0 Å². The third-order valence-corrected chi connectivity index (χ3v) is 6.23. The van der Waals surface area contributed by atoms with E-state index >= 15 is 0 Å². The molecule has 5 rings (SSSR count). The van der Waals surface area contributed by atoms with Crippen molar-refractivity contribution in [2.24, 2.45) is 5.73 Å². The SMILES string of the molecule is N#CC1=C(N)Oc2c(c(=O)oc3ccc(O)cc23)C1c1ccc(-c2ccc(Cl)c(C(F)(F)F)c2)cc1. The second-order valence-corrected chi connectivity index (χ2v) is 8.46. The van der Waals surface area contributed by atoms with Gasteiger partial charge in [-0.05, 0) is 47.0 Å². The van der Waals surface area contributed by atoms with Gasteiger partial charge in [-0.2, -0.15) is 18.4 Å². The molecule has 180 valence electrons. The third-order valence-electron chi connectivity index (χ3n) is 5.90. The number of phenols is 1. The average Bonchev–Trinajstić information content (AvgIpc) is 2.83. The number of phenolic OH excluding ortho intramolecular Hbond substituents is 1. The van der Waals surface area contributed by atoms with Crippen LogP contribution in [0.2, 0.25) is 5.02 Å². The minimum Gasteiger partial charge on any atom is -0.508 e. The van der Waals surface area contributed by atoms with Crippen molar-refractivity contribution in [1.82, 2.24) is 0 Å². The summed E-state index contributed by atoms with van der Waals surface area (Å²) in [5.41, 5.74) is 5.63. The molecule has 3 N–H and O–H groups in total. The van der Waals surface area contributed by atoms with Crippen LogP contribution in [0.5, 0.6) is 11.5 Å². The van der Waals surface area contributed by atoms with E-state index in [2.05, 4.69) is 0 Å². The van der Waals surface area contributed by atoms with E-state index in [4.69, 9.17) is 26.5 Å². The molecule has 0 bridgehead atoms. The van der Waals surface area contributed by atoms with Crippen LogP contribution < -0.4 is 16.1 Å². The molecule has 0 spiro atoms. The zero-order chi connectivity index (χ0) is 25.8. The van der Waals surface area contributed by atoms with Gasteiger partial charge in [0.15, 0.2) is 5.75 Å². The van der Waals surface area contributed by atoms with Crippen molar-refractivity contribution in [2.75, 3.05) is 0 Å². The molecule has 4 aromatic rings. The van der Waals surface area contributed by atoms with Gasteiger partial charge in [-0.1, -0.05) is 41.9 Å². The van der Waals surface area contributed by atoms with Gasteiger partial charge in [-0.15, -0.1) is 0 Å². The molecule has 3 aromatic carbocycles. The number of hydrogen-bond acceptors (Lipinski definition) is 6. The van der Waals surface area contributed by atoms with E-state index in [-0.39, 0.29) is 45.1 Å². The molecular formula is C26H14ClF3N2O4. The summed E-state index contributed by atoms with van der Waals surface area (Å²) in [6.45, 7) is 0. The molecular weight excluding hydrogens is 497 g/mol. The summed E-state index contributed by atoms with van der Waals surface area (Å²) in [6.07, 6.45) is -4.62. The zero-order valence-corrected chi connectivity index (χ0v) is 18.8. The summed E-state index contributed by atoms with van der Waals surface area (Å²) in [7, 11) is 0. The zero-order valence-electron chi connectivity index (χ0n) is 18.1. The smallest absolute Gasteiger partial charge is 0.417 e. The van der Waals surface area contributed by atoms with Crippen molar-refractivity contribution >= 4 is 22.6 Å². The first kappa shape index (κ1) is 23.3. The van der Waals surface area contributed by atoms with Gasteiger partial charge in [0, 0.05) is 0 Å². The maximum Gasteiger partial charge on any atom is 0.417 e. The van der Waals surface area contributed by atoms with E-state index in [1.54, 1.807) is 24.3 Å². The standard InChI is InChI=1S/C26H14ClF3N2O4/c27-19-7-5-14(9-18(19)26(28,29)30)12-1-3-13(4-2-12)21-17(11-31)24(32)36-23-16-10-15(33)6-8-20(16)35-25(34)22(21)23/h1-10,21,33H,32H2. The first-order valence-corrected chi connectivity index (χ1v) is 10.8. The highest BCUT2D eigenvalue weighted by molar-refractivity contribution is 6.31. The van der Waals surface area contributed by atoms with Crippen molar-refractivity contribution in [1.29, 1.82) is 5.26 Å². The quantitative estimate of drug-likeness (QED) is 0.317. The van der Waals surface area contributed by atoms with Gasteiger partial charge >= 0.3 is 11.8 Å². The minimum atomic E-state index is -4.62. The molecule has 36 heavy (non-hydrogen) atoms. The number of allylic oxidation sites excluding steroid dienone is 1. The second kappa shape index (κ2) is 8.36. The molecule has 2 heterocycles. The fourth-order valence-electron chi connectivity index (χ4n) is 4.23. The summed E-state index contributed by atoms with van der Waals surface area (Å²) in [6, 6.07) is 15.9. The molecule has 1 aliphatic rings. The Morgan fingerprint density at radius 2 is 1.72 bits per heavy atom. The van der Waals surface area contributed by atoms with Gasteiger partial charge < -0.3 is 20.0 Å². The molecule has 1 unspecified atom stereocenters. The summed E-state index contributed by atoms with van der Waals surface area (Å²) < 4.78 is 50.9. The number of fused-ring (bicyclic) bond motifs is 3. The lowest BCUT2D eigenvalue weighted by atomic mass is 9.83. The predicted octanol–water partition coefficient (Wildman–Crippen LogP) is 6.06. The number of ether oxygens (including phenoxy) is 1. The Morgan fingerprint density at radius 1 is 1.03 bits per heavy atom. The summed E-state index contributed by atoms with van der Waals surface area (Å²) in [4.78, 5) is 13.0. The van der Waals surface area contributed by atoms with E-state index in [0.29, 0.717) is 11.1 Å². The maximum absolute atomic E-state index is 13.3. The topological polar surface area (TPSA) is 109 Å². The number of aromatic hydroxyl groups is 1. The molecule has 0 saturated heterocycles. The summed E-state index contributed by atoms with van der Waals surface area (Å²) >= 11 is 5.72. The Hall–Kier alpha value is -4.42. The first-order valence-electron chi connectivity index (χ1n) is 10.4. The van der Waals surface area contributed by atoms with Crippen LogP contribution in [0.1, 0.15) is 22.6 Å².